The summed E-state index contributed by atoms with van der Waals surface area (Å²) >= 11 is 0. The Morgan fingerprint density at radius 3 is 2.65 bits per heavy atom. The lowest BCUT2D eigenvalue weighted by Crippen LogP contribution is -2.43. The minimum Gasteiger partial charge on any atom is -0.445 e. The molecule has 0 saturated carbocycles. The van der Waals surface area contributed by atoms with E-state index in [-0.39, 0.29) is 18.2 Å². The van der Waals surface area contributed by atoms with Gasteiger partial charge in [0.05, 0.1) is 6.04 Å². The number of aryl methyl sites for hydroxylation is 2. The van der Waals surface area contributed by atoms with Crippen LogP contribution in [0.15, 0.2) is 54.6 Å². The summed E-state index contributed by atoms with van der Waals surface area (Å²) in [5.74, 6) is 0. The minimum absolute atomic E-state index is 0.160. The predicted octanol–water partition coefficient (Wildman–Crippen LogP) is 5.26. The molecular formula is C23H25NO2. The molecule has 2 atom stereocenters. The summed E-state index contributed by atoms with van der Waals surface area (Å²) in [5.41, 5.74) is 6.33. The molecule has 134 valence electrons. The van der Waals surface area contributed by atoms with Gasteiger partial charge in [0.25, 0.3) is 0 Å². The highest BCUT2D eigenvalue weighted by atomic mass is 16.6. The van der Waals surface area contributed by atoms with Crippen LogP contribution in [0.3, 0.4) is 0 Å². The Balaban J connectivity index is 1.49. The highest BCUT2D eigenvalue weighted by Gasteiger charge is 2.40. The third-order valence-corrected chi connectivity index (χ3v) is 5.54. The maximum absolute atomic E-state index is 12.7. The Morgan fingerprint density at radius 1 is 1.12 bits per heavy atom. The zero-order valence-corrected chi connectivity index (χ0v) is 15.4. The van der Waals surface area contributed by atoms with E-state index in [9.17, 15) is 4.79 Å². The monoisotopic (exact) mass is 347 g/mol. The number of amides is 1. The zero-order valence-electron chi connectivity index (χ0n) is 15.4. The van der Waals surface area contributed by atoms with Crippen LogP contribution in [0.2, 0.25) is 0 Å². The molecule has 2 aliphatic rings. The molecular weight excluding hydrogens is 322 g/mol. The van der Waals surface area contributed by atoms with E-state index in [1.54, 1.807) is 0 Å². The van der Waals surface area contributed by atoms with Crippen molar-refractivity contribution >= 4 is 11.7 Å². The summed E-state index contributed by atoms with van der Waals surface area (Å²) in [6, 6.07) is 16.9. The number of hydrogen-bond donors (Lipinski definition) is 0. The molecule has 3 heteroatoms. The number of fused-ring (bicyclic) bond motifs is 2. The average molecular weight is 347 g/mol. The molecule has 2 aromatic carbocycles. The molecule has 2 unspecified atom stereocenters. The third kappa shape index (κ3) is 3.26. The number of hydrogen-bond acceptors (Lipinski definition) is 2. The highest BCUT2D eigenvalue weighted by Crippen LogP contribution is 2.39. The molecule has 1 saturated heterocycles. The fraction of sp³-hybridized carbons (Fsp3) is 0.348. The Hall–Kier alpha value is -2.55. The summed E-state index contributed by atoms with van der Waals surface area (Å²) in [4.78, 5) is 14.6. The Bertz CT molecular complexity index is 841. The standard InChI is InChI=1S/C23H25NO2/c1-16-8-11-22(17(2)12-16)19-13-20-9-10-21(14-19)24(20)23(25)26-15-18-6-4-3-5-7-18/h3-8,11-13,20-21H,9-10,14-15H2,1-2H3. The SMILES string of the molecule is Cc1ccc(C2=CC3CCC(C2)N3C(=O)OCc2ccccc2)c(C)c1. The van der Waals surface area contributed by atoms with E-state index in [2.05, 4.69) is 38.1 Å². The second kappa shape index (κ2) is 6.99. The van der Waals surface area contributed by atoms with Gasteiger partial charge in [-0.1, -0.05) is 60.2 Å². The number of rotatable bonds is 3. The van der Waals surface area contributed by atoms with Gasteiger partial charge in [-0.15, -0.1) is 0 Å². The molecule has 1 fully saturated rings. The first-order chi connectivity index (χ1) is 12.6. The van der Waals surface area contributed by atoms with Crippen molar-refractivity contribution in [3.05, 3.63) is 76.9 Å². The quantitative estimate of drug-likeness (QED) is 0.758. The van der Waals surface area contributed by atoms with Crippen LogP contribution in [-0.4, -0.2) is 23.1 Å². The van der Waals surface area contributed by atoms with E-state index in [0.717, 1.165) is 24.8 Å². The van der Waals surface area contributed by atoms with Crippen molar-refractivity contribution in [1.29, 1.82) is 0 Å². The molecule has 2 aliphatic heterocycles. The summed E-state index contributed by atoms with van der Waals surface area (Å²) in [6.07, 6.45) is 5.10. The van der Waals surface area contributed by atoms with Crippen molar-refractivity contribution in [3.63, 3.8) is 0 Å². The van der Waals surface area contributed by atoms with Gasteiger partial charge in [0.2, 0.25) is 0 Å². The van der Waals surface area contributed by atoms with Crippen molar-refractivity contribution in [3.8, 4) is 0 Å². The number of benzene rings is 2. The second-order valence-electron chi connectivity index (χ2n) is 7.46. The van der Waals surface area contributed by atoms with Crippen LogP contribution >= 0.6 is 0 Å². The van der Waals surface area contributed by atoms with Gasteiger partial charge in [0, 0.05) is 6.04 Å². The summed E-state index contributed by atoms with van der Waals surface area (Å²) < 4.78 is 5.59. The first-order valence-corrected chi connectivity index (χ1v) is 9.39. The van der Waals surface area contributed by atoms with Crippen LogP contribution < -0.4 is 0 Å². The van der Waals surface area contributed by atoms with Gasteiger partial charge in [0.15, 0.2) is 0 Å². The molecule has 0 radical (unpaired) electrons. The van der Waals surface area contributed by atoms with E-state index in [1.807, 2.05) is 35.2 Å². The maximum Gasteiger partial charge on any atom is 0.410 e. The van der Waals surface area contributed by atoms with Crippen LogP contribution in [0.4, 0.5) is 4.79 Å². The minimum atomic E-state index is -0.183. The lowest BCUT2D eigenvalue weighted by molar-refractivity contribution is 0.0832. The average Bonchev–Trinajstić information content (AvgIpc) is 2.90. The number of ether oxygens (including phenoxy) is 1. The fourth-order valence-electron chi connectivity index (χ4n) is 4.28. The van der Waals surface area contributed by atoms with E-state index in [4.69, 9.17) is 4.74 Å². The number of nitrogens with zero attached hydrogens (tertiary/aromatic N) is 1. The highest BCUT2D eigenvalue weighted by molar-refractivity contribution is 5.76. The van der Waals surface area contributed by atoms with Crippen molar-refractivity contribution < 1.29 is 9.53 Å². The molecule has 26 heavy (non-hydrogen) atoms. The molecule has 0 N–H and O–H groups in total. The van der Waals surface area contributed by atoms with E-state index < -0.39 is 0 Å². The summed E-state index contributed by atoms with van der Waals surface area (Å²) in [7, 11) is 0. The topological polar surface area (TPSA) is 29.5 Å². The predicted molar refractivity (Wildman–Crippen MR) is 104 cm³/mol. The molecule has 0 aliphatic carbocycles. The lowest BCUT2D eigenvalue weighted by Gasteiger charge is -2.33. The smallest absolute Gasteiger partial charge is 0.410 e. The molecule has 3 nitrogen and oxygen atoms in total. The maximum atomic E-state index is 12.7. The van der Waals surface area contributed by atoms with Gasteiger partial charge in [-0.25, -0.2) is 4.79 Å². The van der Waals surface area contributed by atoms with Gasteiger partial charge in [-0.2, -0.15) is 0 Å². The number of carbonyl (C=O) groups is 1. The zero-order chi connectivity index (χ0) is 18.1. The van der Waals surface area contributed by atoms with Crippen LogP contribution in [-0.2, 0) is 11.3 Å². The Kier molecular flexibility index (Phi) is 4.54. The van der Waals surface area contributed by atoms with Crippen LogP contribution in [0.25, 0.3) is 5.57 Å². The van der Waals surface area contributed by atoms with Gasteiger partial charge in [-0.3, -0.25) is 4.90 Å². The molecule has 2 bridgehead atoms. The second-order valence-corrected chi connectivity index (χ2v) is 7.46. The number of carbonyl (C=O) groups excluding carboxylic acids is 1. The van der Waals surface area contributed by atoms with E-state index >= 15 is 0 Å². The van der Waals surface area contributed by atoms with Crippen LogP contribution in [0, 0.1) is 13.8 Å². The lowest BCUT2D eigenvalue weighted by atomic mass is 9.91. The van der Waals surface area contributed by atoms with Gasteiger partial charge in [-0.05, 0) is 55.4 Å². The van der Waals surface area contributed by atoms with E-state index in [0.29, 0.717) is 6.61 Å². The Labute approximate surface area is 155 Å². The molecule has 4 rings (SSSR count). The molecule has 2 heterocycles. The largest absolute Gasteiger partial charge is 0.445 e. The van der Waals surface area contributed by atoms with Gasteiger partial charge < -0.3 is 4.74 Å². The Morgan fingerprint density at radius 2 is 1.92 bits per heavy atom. The normalized spacial score (nSPS) is 21.5. The first kappa shape index (κ1) is 16.9. The van der Waals surface area contributed by atoms with Crippen molar-refractivity contribution in [2.45, 2.75) is 51.8 Å². The van der Waals surface area contributed by atoms with E-state index in [1.165, 1.54) is 22.3 Å². The first-order valence-electron chi connectivity index (χ1n) is 9.39. The molecule has 0 spiro atoms. The van der Waals surface area contributed by atoms with Crippen molar-refractivity contribution in [2.75, 3.05) is 0 Å². The summed E-state index contributed by atoms with van der Waals surface area (Å²) in [5, 5.41) is 0. The summed E-state index contributed by atoms with van der Waals surface area (Å²) in [6.45, 7) is 4.63. The van der Waals surface area contributed by atoms with Gasteiger partial charge >= 0.3 is 6.09 Å². The molecule has 0 aromatic heterocycles. The molecule has 1 amide bonds. The fourth-order valence-corrected chi connectivity index (χ4v) is 4.28. The van der Waals surface area contributed by atoms with Crippen molar-refractivity contribution in [2.24, 2.45) is 0 Å². The molecule has 2 aromatic rings. The van der Waals surface area contributed by atoms with Gasteiger partial charge in [0.1, 0.15) is 6.61 Å². The van der Waals surface area contributed by atoms with Crippen LogP contribution in [0.1, 0.15) is 41.5 Å². The van der Waals surface area contributed by atoms with Crippen LogP contribution in [0.5, 0.6) is 0 Å². The van der Waals surface area contributed by atoms with Crippen molar-refractivity contribution in [1.82, 2.24) is 4.90 Å². The third-order valence-electron chi connectivity index (χ3n) is 5.54.